The van der Waals surface area contributed by atoms with Crippen molar-refractivity contribution in [3.05, 3.63) is 106 Å². The molecule has 0 saturated heterocycles. The molecule has 2 N–H and O–H groups in total. The van der Waals surface area contributed by atoms with E-state index in [0.717, 1.165) is 22.3 Å². The van der Waals surface area contributed by atoms with Crippen molar-refractivity contribution < 1.29 is 19.1 Å². The van der Waals surface area contributed by atoms with Crippen molar-refractivity contribution >= 4 is 23.2 Å². The Kier molecular flexibility index (Phi) is 6.57. The van der Waals surface area contributed by atoms with Crippen LogP contribution in [0.4, 0.5) is 0 Å². The van der Waals surface area contributed by atoms with Gasteiger partial charge in [0.25, 0.3) is 5.91 Å². The van der Waals surface area contributed by atoms with Crippen molar-refractivity contribution in [2.45, 2.75) is 13.2 Å². The number of carbonyl (C=O) groups excluding carboxylic acids is 2. The maximum Gasteiger partial charge on any atom is 0.338 e. The number of para-hydroxylation sites is 1. The van der Waals surface area contributed by atoms with Gasteiger partial charge in [-0.2, -0.15) is 11.3 Å². The molecule has 2 aromatic carbocycles. The Morgan fingerprint density at radius 2 is 1.78 bits per heavy atom. The number of benzene rings is 2. The summed E-state index contributed by atoms with van der Waals surface area (Å²) in [5, 5.41) is 4.05. The third kappa shape index (κ3) is 5.19. The number of ether oxygens (including phenoxy) is 2. The first-order valence-electron chi connectivity index (χ1n) is 9.84. The van der Waals surface area contributed by atoms with Gasteiger partial charge in [-0.1, -0.05) is 24.3 Å². The Hall–Kier alpha value is -3.97. The zero-order valence-electron chi connectivity index (χ0n) is 17.1. The number of carbonyl (C=O) groups is 2. The average molecular weight is 445 g/mol. The zero-order chi connectivity index (χ0) is 22.3. The molecule has 4 aromatic rings. The molecule has 0 bridgehead atoms. The monoisotopic (exact) mass is 444 g/mol. The van der Waals surface area contributed by atoms with Gasteiger partial charge in [0, 0.05) is 23.5 Å². The lowest BCUT2D eigenvalue weighted by atomic mass is 10.1. The van der Waals surface area contributed by atoms with E-state index in [1.807, 2.05) is 29.0 Å². The van der Waals surface area contributed by atoms with E-state index >= 15 is 0 Å². The third-order valence-corrected chi connectivity index (χ3v) is 5.41. The van der Waals surface area contributed by atoms with Crippen LogP contribution in [0.5, 0.6) is 5.75 Å². The number of aromatic nitrogens is 1. The van der Waals surface area contributed by atoms with Crippen LogP contribution in [0.1, 0.15) is 31.8 Å². The molecule has 0 aliphatic heterocycles. The van der Waals surface area contributed by atoms with Gasteiger partial charge in [0.1, 0.15) is 19.0 Å². The van der Waals surface area contributed by atoms with Crippen LogP contribution in [0.3, 0.4) is 0 Å². The van der Waals surface area contributed by atoms with Crippen molar-refractivity contribution in [2.24, 2.45) is 5.73 Å². The minimum atomic E-state index is -0.560. The summed E-state index contributed by atoms with van der Waals surface area (Å²) in [6, 6.07) is 17.7. The molecule has 0 spiro atoms. The lowest BCUT2D eigenvalue weighted by molar-refractivity contribution is 0.0472. The van der Waals surface area contributed by atoms with Gasteiger partial charge in [-0.3, -0.25) is 9.78 Å². The summed E-state index contributed by atoms with van der Waals surface area (Å²) in [5.74, 6) is -0.605. The highest BCUT2D eigenvalue weighted by atomic mass is 32.1. The zero-order valence-corrected chi connectivity index (χ0v) is 17.9. The van der Waals surface area contributed by atoms with E-state index in [4.69, 9.17) is 15.2 Å². The molecule has 7 heteroatoms. The summed E-state index contributed by atoms with van der Waals surface area (Å²) in [7, 11) is 0. The molecule has 0 atom stereocenters. The number of nitrogens with zero attached hydrogens (tertiary/aromatic N) is 1. The molecule has 4 rings (SSSR count). The topological polar surface area (TPSA) is 91.5 Å². The summed E-state index contributed by atoms with van der Waals surface area (Å²) in [6.45, 7) is 0.300. The Bertz CT molecular complexity index is 1240. The van der Waals surface area contributed by atoms with Crippen LogP contribution in [0, 0.1) is 0 Å². The molecule has 6 nitrogen and oxygen atoms in total. The van der Waals surface area contributed by atoms with Gasteiger partial charge in [-0.25, -0.2) is 4.79 Å². The van der Waals surface area contributed by atoms with Crippen molar-refractivity contribution in [1.29, 1.82) is 0 Å². The minimum Gasteiger partial charge on any atom is -0.488 e. The summed E-state index contributed by atoms with van der Waals surface area (Å²) in [4.78, 5) is 28.3. The van der Waals surface area contributed by atoms with Gasteiger partial charge in [0.2, 0.25) is 0 Å². The van der Waals surface area contributed by atoms with Gasteiger partial charge in [0.15, 0.2) is 0 Å². The predicted octanol–water partition coefficient (Wildman–Crippen LogP) is 4.85. The highest BCUT2D eigenvalue weighted by molar-refractivity contribution is 7.08. The first-order valence-corrected chi connectivity index (χ1v) is 10.8. The molecule has 0 aliphatic rings. The van der Waals surface area contributed by atoms with Crippen LogP contribution in [0.15, 0.2) is 83.8 Å². The van der Waals surface area contributed by atoms with Crippen molar-refractivity contribution in [2.75, 3.05) is 0 Å². The minimum absolute atomic E-state index is 0.122. The maximum atomic E-state index is 12.6. The standard InChI is InChI=1S/C25H20N2O4S/c26-24(28)22-6-1-2-7-23(22)30-14-17-4-3-5-19(10-17)25(29)31-15-18-11-21(13-27-12-18)20-8-9-32-16-20/h1-13,16H,14-15H2,(H2,26,28). The quantitative estimate of drug-likeness (QED) is 0.393. The second-order valence-corrected chi connectivity index (χ2v) is 7.80. The van der Waals surface area contributed by atoms with Crippen LogP contribution in [0.2, 0.25) is 0 Å². The van der Waals surface area contributed by atoms with Crippen LogP contribution < -0.4 is 10.5 Å². The molecule has 2 aromatic heterocycles. The first-order chi connectivity index (χ1) is 15.6. The summed E-state index contributed by atoms with van der Waals surface area (Å²) < 4.78 is 11.2. The summed E-state index contributed by atoms with van der Waals surface area (Å²) in [6.07, 6.45) is 3.47. The number of hydrogen-bond acceptors (Lipinski definition) is 6. The van der Waals surface area contributed by atoms with Crippen LogP contribution in [-0.2, 0) is 18.0 Å². The number of primary amides is 1. The second-order valence-electron chi connectivity index (χ2n) is 7.02. The van der Waals surface area contributed by atoms with Gasteiger partial charge >= 0.3 is 5.97 Å². The SMILES string of the molecule is NC(=O)c1ccccc1OCc1cccc(C(=O)OCc2cncc(-c3ccsc3)c2)c1. The maximum absolute atomic E-state index is 12.6. The lowest BCUT2D eigenvalue weighted by Crippen LogP contribution is -2.13. The Morgan fingerprint density at radius 3 is 2.59 bits per heavy atom. The molecule has 1 amide bonds. The van der Waals surface area contributed by atoms with Crippen LogP contribution in [0.25, 0.3) is 11.1 Å². The number of rotatable bonds is 8. The van der Waals surface area contributed by atoms with Crippen molar-refractivity contribution in [3.63, 3.8) is 0 Å². The molecule has 2 heterocycles. The normalized spacial score (nSPS) is 10.5. The number of thiophene rings is 1. The fraction of sp³-hybridized carbons (Fsp3) is 0.0800. The molecule has 32 heavy (non-hydrogen) atoms. The summed E-state index contributed by atoms with van der Waals surface area (Å²) in [5.41, 5.74) is 9.74. The van der Waals surface area contributed by atoms with Gasteiger partial charge in [-0.15, -0.1) is 0 Å². The third-order valence-electron chi connectivity index (χ3n) is 4.73. The molecule has 0 radical (unpaired) electrons. The lowest BCUT2D eigenvalue weighted by Gasteiger charge is -2.10. The number of esters is 1. The molecule has 160 valence electrons. The van der Waals surface area contributed by atoms with E-state index in [0.29, 0.717) is 16.9 Å². The smallest absolute Gasteiger partial charge is 0.338 e. The second kappa shape index (κ2) is 9.89. The first kappa shape index (κ1) is 21.3. The largest absolute Gasteiger partial charge is 0.488 e. The molecular formula is C25H20N2O4S. The van der Waals surface area contributed by atoms with E-state index in [-0.39, 0.29) is 13.2 Å². The van der Waals surface area contributed by atoms with E-state index in [9.17, 15) is 9.59 Å². The highest BCUT2D eigenvalue weighted by Crippen LogP contribution is 2.23. The number of nitrogens with two attached hydrogens (primary N) is 1. The van der Waals surface area contributed by atoms with Crippen molar-refractivity contribution in [1.82, 2.24) is 4.98 Å². The Labute approximate surface area is 189 Å². The predicted molar refractivity (Wildman–Crippen MR) is 122 cm³/mol. The van der Waals surface area contributed by atoms with Crippen LogP contribution >= 0.6 is 11.3 Å². The van der Waals surface area contributed by atoms with Gasteiger partial charge in [0.05, 0.1) is 11.1 Å². The van der Waals surface area contributed by atoms with Gasteiger partial charge in [-0.05, 0) is 58.3 Å². The van der Waals surface area contributed by atoms with E-state index in [1.165, 1.54) is 0 Å². The number of pyridine rings is 1. The number of amides is 1. The van der Waals surface area contributed by atoms with E-state index in [2.05, 4.69) is 4.98 Å². The van der Waals surface area contributed by atoms with Gasteiger partial charge < -0.3 is 15.2 Å². The Morgan fingerprint density at radius 1 is 0.906 bits per heavy atom. The van der Waals surface area contributed by atoms with E-state index in [1.54, 1.807) is 66.2 Å². The molecule has 0 fully saturated rings. The summed E-state index contributed by atoms with van der Waals surface area (Å²) >= 11 is 1.62. The molecule has 0 aliphatic carbocycles. The Balaban J connectivity index is 1.39. The van der Waals surface area contributed by atoms with Crippen LogP contribution in [-0.4, -0.2) is 16.9 Å². The molecular weight excluding hydrogens is 424 g/mol. The highest BCUT2D eigenvalue weighted by Gasteiger charge is 2.11. The van der Waals surface area contributed by atoms with Crippen molar-refractivity contribution in [3.8, 4) is 16.9 Å². The fourth-order valence-electron chi connectivity index (χ4n) is 3.13. The fourth-order valence-corrected chi connectivity index (χ4v) is 3.80. The molecule has 0 unspecified atom stereocenters. The average Bonchev–Trinajstić information content (AvgIpc) is 3.37. The molecule has 0 saturated carbocycles. The van der Waals surface area contributed by atoms with E-state index < -0.39 is 11.9 Å². The number of hydrogen-bond donors (Lipinski definition) is 1.